The van der Waals surface area contributed by atoms with E-state index in [1.807, 2.05) is 12.1 Å². The van der Waals surface area contributed by atoms with E-state index in [-0.39, 0.29) is 0 Å². The molecule has 2 nitrogen and oxygen atoms in total. The van der Waals surface area contributed by atoms with E-state index >= 15 is 0 Å². The van der Waals surface area contributed by atoms with Crippen molar-refractivity contribution in [1.82, 2.24) is 4.90 Å². The molecule has 96 valence electrons. The SMILES string of the molecule is CCN(CC)CCOCc1ccc(Cl)cc1Cl. The molecule has 1 aromatic rings. The van der Waals surface area contributed by atoms with E-state index < -0.39 is 0 Å². The number of hydrogen-bond acceptors (Lipinski definition) is 2. The second-order valence-electron chi connectivity index (χ2n) is 3.82. The van der Waals surface area contributed by atoms with Gasteiger partial charge in [-0.15, -0.1) is 0 Å². The van der Waals surface area contributed by atoms with Crippen molar-refractivity contribution in [3.8, 4) is 0 Å². The highest BCUT2D eigenvalue weighted by atomic mass is 35.5. The molecule has 0 radical (unpaired) electrons. The highest BCUT2D eigenvalue weighted by Crippen LogP contribution is 2.21. The van der Waals surface area contributed by atoms with E-state index in [9.17, 15) is 0 Å². The average Bonchev–Trinajstić information content (AvgIpc) is 2.32. The summed E-state index contributed by atoms with van der Waals surface area (Å²) in [4.78, 5) is 2.32. The van der Waals surface area contributed by atoms with Crippen LogP contribution in [-0.2, 0) is 11.3 Å². The lowest BCUT2D eigenvalue weighted by Gasteiger charge is -2.17. The fourth-order valence-corrected chi connectivity index (χ4v) is 2.02. The molecule has 1 rings (SSSR count). The van der Waals surface area contributed by atoms with Gasteiger partial charge in [0.25, 0.3) is 0 Å². The molecule has 0 saturated heterocycles. The number of nitrogens with zero attached hydrogens (tertiary/aromatic N) is 1. The van der Waals surface area contributed by atoms with E-state index in [0.29, 0.717) is 16.7 Å². The molecule has 0 spiro atoms. The van der Waals surface area contributed by atoms with E-state index in [1.54, 1.807) is 6.07 Å². The van der Waals surface area contributed by atoms with Crippen molar-refractivity contribution in [2.24, 2.45) is 0 Å². The van der Waals surface area contributed by atoms with Gasteiger partial charge in [-0.1, -0.05) is 43.1 Å². The van der Waals surface area contributed by atoms with Crippen molar-refractivity contribution in [1.29, 1.82) is 0 Å². The Labute approximate surface area is 113 Å². The first-order valence-electron chi connectivity index (χ1n) is 5.91. The normalized spacial score (nSPS) is 11.1. The number of likely N-dealkylation sites (N-methyl/N-ethyl adjacent to an activating group) is 1. The zero-order valence-electron chi connectivity index (χ0n) is 10.4. The van der Waals surface area contributed by atoms with Gasteiger partial charge in [0.1, 0.15) is 0 Å². The number of rotatable bonds is 7. The van der Waals surface area contributed by atoms with Gasteiger partial charge in [-0.3, -0.25) is 0 Å². The van der Waals surface area contributed by atoms with Gasteiger partial charge in [0.05, 0.1) is 13.2 Å². The highest BCUT2D eigenvalue weighted by molar-refractivity contribution is 6.35. The Balaban J connectivity index is 2.31. The van der Waals surface area contributed by atoms with E-state index in [2.05, 4.69) is 18.7 Å². The van der Waals surface area contributed by atoms with Crippen molar-refractivity contribution in [2.45, 2.75) is 20.5 Å². The maximum Gasteiger partial charge on any atom is 0.0732 e. The van der Waals surface area contributed by atoms with Crippen LogP contribution in [0.4, 0.5) is 0 Å². The Morgan fingerprint density at radius 3 is 2.47 bits per heavy atom. The standard InChI is InChI=1S/C13H19Cl2NO/c1-3-16(4-2)7-8-17-10-11-5-6-12(14)9-13(11)15/h5-6,9H,3-4,7-8,10H2,1-2H3. The van der Waals surface area contributed by atoms with Crippen LogP contribution in [0.5, 0.6) is 0 Å². The average molecular weight is 276 g/mol. The molecule has 0 amide bonds. The van der Waals surface area contributed by atoms with E-state index in [4.69, 9.17) is 27.9 Å². The van der Waals surface area contributed by atoms with Crippen LogP contribution in [0.3, 0.4) is 0 Å². The third-order valence-electron chi connectivity index (χ3n) is 2.72. The van der Waals surface area contributed by atoms with Crippen LogP contribution < -0.4 is 0 Å². The summed E-state index contributed by atoms with van der Waals surface area (Å²) in [6.45, 7) is 8.64. The van der Waals surface area contributed by atoms with Gasteiger partial charge in [0.2, 0.25) is 0 Å². The van der Waals surface area contributed by atoms with Crippen LogP contribution in [0.1, 0.15) is 19.4 Å². The smallest absolute Gasteiger partial charge is 0.0732 e. The molecule has 0 fully saturated rings. The van der Waals surface area contributed by atoms with Crippen LogP contribution >= 0.6 is 23.2 Å². The molecule has 17 heavy (non-hydrogen) atoms. The minimum atomic E-state index is 0.539. The van der Waals surface area contributed by atoms with Crippen LogP contribution in [0, 0.1) is 0 Å². The summed E-state index contributed by atoms with van der Waals surface area (Å²) in [5.41, 5.74) is 0.982. The molecule has 0 aliphatic heterocycles. The zero-order valence-corrected chi connectivity index (χ0v) is 11.9. The molecule has 0 aromatic heterocycles. The summed E-state index contributed by atoms with van der Waals surface area (Å²) >= 11 is 11.9. The number of hydrogen-bond donors (Lipinski definition) is 0. The van der Waals surface area contributed by atoms with Gasteiger partial charge < -0.3 is 9.64 Å². The molecule has 0 N–H and O–H groups in total. The van der Waals surface area contributed by atoms with Crippen molar-refractivity contribution < 1.29 is 4.74 Å². The first-order chi connectivity index (χ1) is 8.17. The first-order valence-corrected chi connectivity index (χ1v) is 6.67. The first kappa shape index (κ1) is 14.8. The van der Waals surface area contributed by atoms with Crippen molar-refractivity contribution in [3.05, 3.63) is 33.8 Å². The molecule has 4 heteroatoms. The third kappa shape index (κ3) is 5.26. The van der Waals surface area contributed by atoms with Crippen LogP contribution in [0.2, 0.25) is 10.0 Å². The highest BCUT2D eigenvalue weighted by Gasteiger charge is 2.02. The maximum absolute atomic E-state index is 6.05. The lowest BCUT2D eigenvalue weighted by atomic mass is 10.2. The molecule has 0 heterocycles. The number of benzene rings is 1. The van der Waals surface area contributed by atoms with Crippen molar-refractivity contribution in [2.75, 3.05) is 26.2 Å². The molecule has 0 aliphatic rings. The molecular weight excluding hydrogens is 257 g/mol. The Kier molecular flexibility index (Phi) is 6.90. The Hall–Kier alpha value is -0.280. The van der Waals surface area contributed by atoms with Crippen molar-refractivity contribution >= 4 is 23.2 Å². The third-order valence-corrected chi connectivity index (χ3v) is 3.31. The predicted octanol–water partition coefficient (Wildman–Crippen LogP) is 3.85. The van der Waals surface area contributed by atoms with Crippen LogP contribution in [0.15, 0.2) is 18.2 Å². The zero-order chi connectivity index (χ0) is 12.7. The fraction of sp³-hybridized carbons (Fsp3) is 0.538. The molecule has 0 saturated carbocycles. The van der Waals surface area contributed by atoms with Crippen LogP contribution in [-0.4, -0.2) is 31.1 Å². The van der Waals surface area contributed by atoms with Gasteiger partial charge in [0, 0.05) is 16.6 Å². The van der Waals surface area contributed by atoms with Gasteiger partial charge >= 0.3 is 0 Å². The van der Waals surface area contributed by atoms with Gasteiger partial charge in [0.15, 0.2) is 0 Å². The number of halogens is 2. The Morgan fingerprint density at radius 1 is 1.18 bits per heavy atom. The van der Waals surface area contributed by atoms with E-state index in [0.717, 1.165) is 31.8 Å². The maximum atomic E-state index is 6.05. The summed E-state index contributed by atoms with van der Waals surface area (Å²) < 4.78 is 5.61. The topological polar surface area (TPSA) is 12.5 Å². The summed E-state index contributed by atoms with van der Waals surface area (Å²) in [6, 6.07) is 5.48. The summed E-state index contributed by atoms with van der Waals surface area (Å²) in [5, 5.41) is 1.32. The summed E-state index contributed by atoms with van der Waals surface area (Å²) in [6.07, 6.45) is 0. The quantitative estimate of drug-likeness (QED) is 0.701. The Bertz CT molecular complexity index is 340. The van der Waals surface area contributed by atoms with Gasteiger partial charge in [-0.2, -0.15) is 0 Å². The molecule has 1 aromatic carbocycles. The summed E-state index contributed by atoms with van der Waals surface area (Å²) in [7, 11) is 0. The lowest BCUT2D eigenvalue weighted by Crippen LogP contribution is -2.26. The molecule has 0 atom stereocenters. The molecule has 0 aliphatic carbocycles. The Morgan fingerprint density at radius 2 is 1.88 bits per heavy atom. The predicted molar refractivity (Wildman–Crippen MR) is 73.9 cm³/mol. The number of ether oxygens (including phenoxy) is 1. The molecule has 0 bridgehead atoms. The monoisotopic (exact) mass is 275 g/mol. The fourth-order valence-electron chi connectivity index (χ4n) is 1.55. The second-order valence-corrected chi connectivity index (χ2v) is 4.66. The minimum absolute atomic E-state index is 0.539. The van der Waals surface area contributed by atoms with Gasteiger partial charge in [-0.05, 0) is 30.8 Å². The molecule has 0 unspecified atom stereocenters. The van der Waals surface area contributed by atoms with Crippen LogP contribution in [0.25, 0.3) is 0 Å². The second kappa shape index (κ2) is 7.93. The summed E-state index contributed by atoms with van der Waals surface area (Å²) in [5.74, 6) is 0. The molecular formula is C13H19Cl2NO. The largest absolute Gasteiger partial charge is 0.375 e. The minimum Gasteiger partial charge on any atom is -0.375 e. The van der Waals surface area contributed by atoms with E-state index in [1.165, 1.54) is 0 Å². The van der Waals surface area contributed by atoms with Gasteiger partial charge in [-0.25, -0.2) is 0 Å². The lowest BCUT2D eigenvalue weighted by molar-refractivity contribution is 0.0957. The van der Waals surface area contributed by atoms with Crippen molar-refractivity contribution in [3.63, 3.8) is 0 Å².